The zero-order valence-corrected chi connectivity index (χ0v) is 10.9. The number of benzene rings is 1. The molecule has 1 aromatic heterocycles. The van der Waals surface area contributed by atoms with Crippen LogP contribution in [-0.4, -0.2) is 18.1 Å². The fourth-order valence-electron chi connectivity index (χ4n) is 1.68. The molecule has 0 spiro atoms. The Balaban J connectivity index is 2.20. The van der Waals surface area contributed by atoms with Gasteiger partial charge in [0.25, 0.3) is 0 Å². The minimum Gasteiger partial charge on any atom is -0.492 e. The lowest BCUT2D eigenvalue weighted by Gasteiger charge is -2.05. The highest BCUT2D eigenvalue weighted by Gasteiger charge is 2.07. The van der Waals surface area contributed by atoms with Gasteiger partial charge in [0.2, 0.25) is 0 Å². The van der Waals surface area contributed by atoms with E-state index in [-0.39, 0.29) is 0 Å². The van der Waals surface area contributed by atoms with Gasteiger partial charge in [-0.05, 0) is 38.1 Å². The molecule has 0 fully saturated rings. The quantitative estimate of drug-likeness (QED) is 0.905. The number of hydrogen-bond acceptors (Lipinski definition) is 4. The van der Waals surface area contributed by atoms with Crippen LogP contribution in [-0.2, 0) is 0 Å². The molecular formula is C13H16N2OS. The topological polar surface area (TPSA) is 48.1 Å². The van der Waals surface area contributed by atoms with E-state index in [0.29, 0.717) is 13.2 Å². The molecule has 2 aromatic rings. The summed E-state index contributed by atoms with van der Waals surface area (Å²) in [5.74, 6) is 0.851. The molecule has 0 aliphatic rings. The Kier molecular flexibility index (Phi) is 3.76. The molecule has 1 aromatic carbocycles. The number of hydrogen-bond donors (Lipinski definition) is 1. The molecule has 4 heteroatoms. The van der Waals surface area contributed by atoms with Gasteiger partial charge in [0.15, 0.2) is 0 Å². The van der Waals surface area contributed by atoms with E-state index in [4.69, 9.17) is 10.5 Å². The van der Waals surface area contributed by atoms with Crippen molar-refractivity contribution in [3.63, 3.8) is 0 Å². The van der Waals surface area contributed by atoms with Gasteiger partial charge >= 0.3 is 0 Å². The summed E-state index contributed by atoms with van der Waals surface area (Å²) in [7, 11) is 0. The lowest BCUT2D eigenvalue weighted by atomic mass is 10.1. The van der Waals surface area contributed by atoms with Crippen molar-refractivity contribution >= 4 is 11.3 Å². The molecule has 0 saturated carbocycles. The van der Waals surface area contributed by atoms with Gasteiger partial charge in [-0.25, -0.2) is 4.98 Å². The zero-order valence-electron chi connectivity index (χ0n) is 10.1. The van der Waals surface area contributed by atoms with Crippen molar-refractivity contribution in [3.8, 4) is 17.0 Å². The molecule has 0 aliphatic heterocycles. The summed E-state index contributed by atoms with van der Waals surface area (Å²) < 4.78 is 5.44. The maximum Gasteiger partial charge on any atom is 0.119 e. The molecule has 2 rings (SSSR count). The van der Waals surface area contributed by atoms with E-state index in [0.717, 1.165) is 22.0 Å². The third-order valence-corrected chi connectivity index (χ3v) is 3.30. The highest BCUT2D eigenvalue weighted by atomic mass is 32.1. The first-order valence-electron chi connectivity index (χ1n) is 5.58. The predicted molar refractivity (Wildman–Crippen MR) is 71.6 cm³/mol. The van der Waals surface area contributed by atoms with Crippen LogP contribution in [0.25, 0.3) is 11.3 Å². The number of thiazole rings is 1. The van der Waals surface area contributed by atoms with Gasteiger partial charge in [0.05, 0.1) is 10.7 Å². The van der Waals surface area contributed by atoms with Crippen LogP contribution in [0.3, 0.4) is 0 Å². The highest BCUT2D eigenvalue weighted by molar-refractivity contribution is 7.11. The van der Waals surface area contributed by atoms with Crippen molar-refractivity contribution in [3.05, 3.63) is 34.2 Å². The maximum absolute atomic E-state index is 5.44. The van der Waals surface area contributed by atoms with Crippen LogP contribution in [0.5, 0.6) is 5.75 Å². The molecule has 90 valence electrons. The summed E-state index contributed by atoms with van der Waals surface area (Å²) in [6.45, 7) is 5.21. The number of aryl methyl sites for hydroxylation is 2. The third kappa shape index (κ3) is 2.84. The molecule has 0 radical (unpaired) electrons. The average Bonchev–Trinajstić information content (AvgIpc) is 2.66. The third-order valence-electron chi connectivity index (χ3n) is 2.42. The van der Waals surface area contributed by atoms with E-state index in [1.807, 2.05) is 31.2 Å². The molecule has 1 heterocycles. The monoisotopic (exact) mass is 248 g/mol. The summed E-state index contributed by atoms with van der Waals surface area (Å²) >= 11 is 1.72. The second kappa shape index (κ2) is 5.29. The SMILES string of the molecule is Cc1nc(-c2ccc(OCCN)cc2)c(C)s1. The van der Waals surface area contributed by atoms with Crippen LogP contribution >= 0.6 is 11.3 Å². The van der Waals surface area contributed by atoms with Crippen molar-refractivity contribution < 1.29 is 4.74 Å². The van der Waals surface area contributed by atoms with Crippen molar-refractivity contribution in [2.75, 3.05) is 13.2 Å². The maximum atomic E-state index is 5.44. The molecular weight excluding hydrogens is 232 g/mol. The van der Waals surface area contributed by atoms with Crippen molar-refractivity contribution in [1.82, 2.24) is 4.98 Å². The number of rotatable bonds is 4. The Labute approximate surface area is 105 Å². The highest BCUT2D eigenvalue weighted by Crippen LogP contribution is 2.28. The smallest absolute Gasteiger partial charge is 0.119 e. The van der Waals surface area contributed by atoms with E-state index in [1.165, 1.54) is 4.88 Å². The summed E-state index contributed by atoms with van der Waals surface area (Å²) in [4.78, 5) is 5.78. The lowest BCUT2D eigenvalue weighted by Crippen LogP contribution is -2.10. The lowest BCUT2D eigenvalue weighted by molar-refractivity contribution is 0.328. The Morgan fingerprint density at radius 3 is 2.47 bits per heavy atom. The molecule has 0 aliphatic carbocycles. The number of nitrogens with two attached hydrogens (primary N) is 1. The molecule has 0 atom stereocenters. The standard InChI is InChI=1S/C13H16N2OS/c1-9-13(15-10(2)17-9)11-3-5-12(6-4-11)16-8-7-14/h3-6H,7-8,14H2,1-2H3. The first kappa shape index (κ1) is 12.1. The van der Waals surface area contributed by atoms with Crippen LogP contribution in [0.4, 0.5) is 0 Å². The van der Waals surface area contributed by atoms with Gasteiger partial charge in [-0.1, -0.05) is 0 Å². The largest absolute Gasteiger partial charge is 0.492 e. The van der Waals surface area contributed by atoms with Gasteiger partial charge in [0.1, 0.15) is 12.4 Å². The van der Waals surface area contributed by atoms with E-state index in [9.17, 15) is 0 Å². The van der Waals surface area contributed by atoms with E-state index in [2.05, 4.69) is 11.9 Å². The summed E-state index contributed by atoms with van der Waals surface area (Å²) in [6.07, 6.45) is 0. The van der Waals surface area contributed by atoms with Gasteiger partial charge < -0.3 is 10.5 Å². The number of aromatic nitrogens is 1. The summed E-state index contributed by atoms with van der Waals surface area (Å²) in [5, 5.41) is 1.10. The van der Waals surface area contributed by atoms with E-state index in [1.54, 1.807) is 11.3 Å². The Morgan fingerprint density at radius 2 is 1.94 bits per heavy atom. The van der Waals surface area contributed by atoms with Gasteiger partial charge in [-0.2, -0.15) is 0 Å². The molecule has 2 N–H and O–H groups in total. The Morgan fingerprint density at radius 1 is 1.24 bits per heavy atom. The Hall–Kier alpha value is -1.39. The molecule has 3 nitrogen and oxygen atoms in total. The number of ether oxygens (including phenoxy) is 1. The molecule has 17 heavy (non-hydrogen) atoms. The van der Waals surface area contributed by atoms with Crippen molar-refractivity contribution in [1.29, 1.82) is 0 Å². The van der Waals surface area contributed by atoms with Gasteiger partial charge in [0, 0.05) is 17.0 Å². The molecule has 0 bridgehead atoms. The second-order valence-electron chi connectivity index (χ2n) is 3.80. The first-order valence-corrected chi connectivity index (χ1v) is 6.39. The van der Waals surface area contributed by atoms with Crippen LogP contribution in [0.1, 0.15) is 9.88 Å². The predicted octanol–water partition coefficient (Wildman–Crippen LogP) is 2.76. The fraction of sp³-hybridized carbons (Fsp3) is 0.308. The zero-order chi connectivity index (χ0) is 12.3. The second-order valence-corrected chi connectivity index (χ2v) is 5.21. The number of nitrogens with zero attached hydrogens (tertiary/aromatic N) is 1. The van der Waals surface area contributed by atoms with Crippen LogP contribution in [0.15, 0.2) is 24.3 Å². The van der Waals surface area contributed by atoms with Gasteiger partial charge in [-0.3, -0.25) is 0 Å². The minimum absolute atomic E-state index is 0.534. The first-order chi connectivity index (χ1) is 8.20. The minimum atomic E-state index is 0.534. The molecule has 0 unspecified atom stereocenters. The van der Waals surface area contributed by atoms with Gasteiger partial charge in [-0.15, -0.1) is 11.3 Å². The molecule has 0 saturated heterocycles. The fourth-order valence-corrected chi connectivity index (χ4v) is 2.52. The molecule has 0 amide bonds. The van der Waals surface area contributed by atoms with Crippen LogP contribution < -0.4 is 10.5 Å². The normalized spacial score (nSPS) is 10.5. The van der Waals surface area contributed by atoms with E-state index < -0.39 is 0 Å². The average molecular weight is 248 g/mol. The van der Waals surface area contributed by atoms with E-state index >= 15 is 0 Å². The summed E-state index contributed by atoms with van der Waals surface area (Å²) in [5.41, 5.74) is 7.59. The Bertz CT molecular complexity index is 491. The van der Waals surface area contributed by atoms with Crippen LogP contribution in [0, 0.1) is 13.8 Å². The van der Waals surface area contributed by atoms with Crippen molar-refractivity contribution in [2.24, 2.45) is 5.73 Å². The van der Waals surface area contributed by atoms with Crippen LogP contribution in [0.2, 0.25) is 0 Å². The summed E-state index contributed by atoms with van der Waals surface area (Å²) in [6, 6.07) is 7.99. The van der Waals surface area contributed by atoms with Crippen molar-refractivity contribution in [2.45, 2.75) is 13.8 Å².